The molecule has 2 aliphatic rings. The summed E-state index contributed by atoms with van der Waals surface area (Å²) in [5.74, 6) is 0. The molecule has 34 heavy (non-hydrogen) atoms. The molecule has 1 heterocycles. The molecule has 0 amide bonds. The van der Waals surface area contributed by atoms with Crippen molar-refractivity contribution in [2.75, 3.05) is 26.2 Å². The van der Waals surface area contributed by atoms with Gasteiger partial charge in [-0.2, -0.15) is 0 Å². The van der Waals surface area contributed by atoms with E-state index in [0.717, 1.165) is 50.4 Å². The van der Waals surface area contributed by atoms with Gasteiger partial charge in [-0.25, -0.2) is 0 Å². The van der Waals surface area contributed by atoms with Crippen molar-refractivity contribution in [2.24, 2.45) is 0 Å². The van der Waals surface area contributed by atoms with Crippen LogP contribution in [0.5, 0.6) is 0 Å². The Labute approximate surface area is 205 Å². The minimum absolute atomic E-state index is 0.196. The van der Waals surface area contributed by atoms with Gasteiger partial charge in [-0.05, 0) is 64.1 Å². The molecule has 0 saturated heterocycles. The van der Waals surface area contributed by atoms with Gasteiger partial charge < -0.3 is 21.3 Å². The number of nitrogens with one attached hydrogen (secondary N) is 4. The van der Waals surface area contributed by atoms with Crippen molar-refractivity contribution < 1.29 is 0 Å². The maximum absolute atomic E-state index is 4.63. The third kappa shape index (κ3) is 7.02. The van der Waals surface area contributed by atoms with Crippen LogP contribution in [0.25, 0.3) is 12.2 Å². The van der Waals surface area contributed by atoms with Crippen molar-refractivity contribution >= 4 is 12.2 Å². The molecule has 2 atom stereocenters. The number of hydrogen-bond acceptors (Lipinski definition) is 6. The minimum atomic E-state index is -0.196. The van der Waals surface area contributed by atoms with E-state index in [1.165, 1.54) is 11.4 Å². The van der Waals surface area contributed by atoms with Gasteiger partial charge in [0.2, 0.25) is 0 Å². The zero-order valence-electron chi connectivity index (χ0n) is 21.1. The Bertz CT molecular complexity index is 890. The molecule has 2 aliphatic carbocycles. The summed E-state index contributed by atoms with van der Waals surface area (Å²) in [4.78, 5) is 9.25. The van der Waals surface area contributed by atoms with Gasteiger partial charge in [0, 0.05) is 24.5 Å². The maximum atomic E-state index is 4.63. The summed E-state index contributed by atoms with van der Waals surface area (Å²) in [6.07, 6.45) is 27.2. The Morgan fingerprint density at radius 1 is 0.706 bits per heavy atom. The van der Waals surface area contributed by atoms with Crippen LogP contribution in [0.2, 0.25) is 0 Å². The molecule has 1 aromatic rings. The number of nitrogens with zero attached hydrogens (tertiary/aromatic N) is 2. The van der Waals surface area contributed by atoms with Crippen LogP contribution in [0, 0.1) is 0 Å². The Balaban J connectivity index is 1.67. The number of hydrogen-bond donors (Lipinski definition) is 4. The lowest BCUT2D eigenvalue weighted by Gasteiger charge is -2.30. The fourth-order valence-corrected chi connectivity index (χ4v) is 4.25. The standard InChI is InChI=1S/C28H40N6/c1-5-29-23-9-15-27(16-10-23,33-7-3)19-13-25-21-32-26(22-31-25)14-20-28(34-8-4)17-11-24(12-18-28)30-6-2/h9-15,17,19-22,29-30,33-34H,5-8,16,18H2,1-4H3/b19-13+,20-14+. The third-order valence-corrected chi connectivity index (χ3v) is 6.01. The van der Waals surface area contributed by atoms with Crippen molar-refractivity contribution in [1.29, 1.82) is 0 Å². The highest BCUT2D eigenvalue weighted by atomic mass is 15.0. The molecule has 0 saturated carbocycles. The van der Waals surface area contributed by atoms with E-state index in [1.807, 2.05) is 12.4 Å². The van der Waals surface area contributed by atoms with E-state index < -0.39 is 0 Å². The molecule has 0 spiro atoms. The van der Waals surface area contributed by atoms with Gasteiger partial charge in [-0.3, -0.25) is 9.97 Å². The number of aromatic nitrogens is 2. The Hall–Kier alpha value is -2.96. The minimum Gasteiger partial charge on any atom is -0.386 e. The molecular weight excluding hydrogens is 420 g/mol. The van der Waals surface area contributed by atoms with Crippen LogP contribution < -0.4 is 21.3 Å². The smallest absolute Gasteiger partial charge is 0.0811 e. The van der Waals surface area contributed by atoms with Crippen LogP contribution in [0.3, 0.4) is 0 Å². The average Bonchev–Trinajstić information content (AvgIpc) is 2.86. The first-order valence-electron chi connectivity index (χ1n) is 12.5. The zero-order chi connectivity index (χ0) is 24.3. The summed E-state index contributed by atoms with van der Waals surface area (Å²) >= 11 is 0. The predicted octanol–water partition coefficient (Wildman–Crippen LogP) is 4.11. The second-order valence-electron chi connectivity index (χ2n) is 8.63. The summed E-state index contributed by atoms with van der Waals surface area (Å²) < 4.78 is 0. The number of likely N-dealkylation sites (N-methyl/N-ethyl adjacent to an activating group) is 4. The first kappa shape index (κ1) is 25.7. The van der Waals surface area contributed by atoms with Crippen molar-refractivity contribution in [2.45, 2.75) is 51.6 Å². The third-order valence-electron chi connectivity index (χ3n) is 6.01. The van der Waals surface area contributed by atoms with Gasteiger partial charge in [0.05, 0.1) is 34.9 Å². The van der Waals surface area contributed by atoms with Crippen molar-refractivity contribution in [3.05, 3.63) is 83.8 Å². The van der Waals surface area contributed by atoms with Crippen LogP contribution in [0.4, 0.5) is 0 Å². The average molecular weight is 461 g/mol. The molecule has 0 bridgehead atoms. The van der Waals surface area contributed by atoms with Crippen LogP contribution >= 0.6 is 0 Å². The number of allylic oxidation sites excluding steroid dienone is 2. The van der Waals surface area contributed by atoms with Gasteiger partial charge >= 0.3 is 0 Å². The zero-order valence-corrected chi connectivity index (χ0v) is 21.1. The molecule has 4 N–H and O–H groups in total. The van der Waals surface area contributed by atoms with Crippen molar-refractivity contribution in [3.63, 3.8) is 0 Å². The molecule has 0 aromatic carbocycles. The van der Waals surface area contributed by atoms with E-state index in [2.05, 4.69) is 120 Å². The van der Waals surface area contributed by atoms with Crippen LogP contribution in [0.1, 0.15) is 51.9 Å². The lowest BCUT2D eigenvalue weighted by atomic mass is 9.89. The summed E-state index contributed by atoms with van der Waals surface area (Å²) in [6, 6.07) is 0. The molecule has 1 aromatic heterocycles. The van der Waals surface area contributed by atoms with Gasteiger partial charge in [0.1, 0.15) is 0 Å². The fraction of sp³-hybridized carbons (Fsp3) is 0.429. The van der Waals surface area contributed by atoms with E-state index >= 15 is 0 Å². The monoisotopic (exact) mass is 460 g/mol. The van der Waals surface area contributed by atoms with E-state index in [1.54, 1.807) is 0 Å². The Morgan fingerprint density at radius 2 is 1.15 bits per heavy atom. The molecule has 6 heteroatoms. The SMILES string of the molecule is CCNC1=CCC(/C=C/c2cnc(/C=C/C3(NCC)C=CC(NCC)=CC3)cn2)(NCC)C=C1. The normalized spacial score (nSPS) is 24.5. The Kier molecular flexibility index (Phi) is 9.42. The van der Waals surface area contributed by atoms with E-state index in [0.29, 0.717) is 0 Å². The number of rotatable bonds is 12. The van der Waals surface area contributed by atoms with Crippen LogP contribution in [0.15, 0.2) is 72.4 Å². The largest absolute Gasteiger partial charge is 0.386 e. The summed E-state index contributed by atoms with van der Waals surface area (Å²) in [7, 11) is 0. The van der Waals surface area contributed by atoms with E-state index in [4.69, 9.17) is 0 Å². The Morgan fingerprint density at radius 3 is 1.44 bits per heavy atom. The van der Waals surface area contributed by atoms with E-state index in [9.17, 15) is 0 Å². The molecule has 2 unspecified atom stereocenters. The maximum Gasteiger partial charge on any atom is 0.0811 e. The molecule has 3 rings (SSSR count). The van der Waals surface area contributed by atoms with Crippen LogP contribution in [-0.2, 0) is 0 Å². The highest BCUT2D eigenvalue weighted by Crippen LogP contribution is 2.24. The van der Waals surface area contributed by atoms with Gasteiger partial charge in [0.15, 0.2) is 0 Å². The molecule has 0 fully saturated rings. The molecule has 0 aliphatic heterocycles. The molecule has 0 radical (unpaired) electrons. The first-order chi connectivity index (χ1) is 16.6. The molecule has 182 valence electrons. The second-order valence-corrected chi connectivity index (χ2v) is 8.63. The van der Waals surface area contributed by atoms with Gasteiger partial charge in [0.25, 0.3) is 0 Å². The summed E-state index contributed by atoms with van der Waals surface area (Å²) in [5, 5.41) is 14.0. The lowest BCUT2D eigenvalue weighted by molar-refractivity contribution is 0.499. The lowest BCUT2D eigenvalue weighted by Crippen LogP contribution is -2.42. The van der Waals surface area contributed by atoms with Crippen LogP contribution in [-0.4, -0.2) is 47.2 Å². The van der Waals surface area contributed by atoms with Gasteiger partial charge in [-0.15, -0.1) is 0 Å². The second kappa shape index (κ2) is 12.5. The predicted molar refractivity (Wildman–Crippen MR) is 144 cm³/mol. The first-order valence-corrected chi connectivity index (χ1v) is 12.5. The topological polar surface area (TPSA) is 73.9 Å². The van der Waals surface area contributed by atoms with Crippen molar-refractivity contribution in [3.8, 4) is 0 Å². The summed E-state index contributed by atoms with van der Waals surface area (Å²) in [5.41, 5.74) is 3.66. The molecular formula is C28H40N6. The highest BCUT2D eigenvalue weighted by molar-refractivity contribution is 5.52. The highest BCUT2D eigenvalue weighted by Gasteiger charge is 2.25. The van der Waals surface area contributed by atoms with E-state index in [-0.39, 0.29) is 11.1 Å². The van der Waals surface area contributed by atoms with Gasteiger partial charge in [-0.1, -0.05) is 50.3 Å². The van der Waals surface area contributed by atoms with Crippen molar-refractivity contribution in [1.82, 2.24) is 31.2 Å². The fourth-order valence-electron chi connectivity index (χ4n) is 4.25. The quantitative estimate of drug-likeness (QED) is 0.376. The summed E-state index contributed by atoms with van der Waals surface area (Å²) in [6.45, 7) is 12.1. The molecule has 6 nitrogen and oxygen atoms in total.